The van der Waals surface area contributed by atoms with E-state index in [1.54, 1.807) is 6.07 Å². The van der Waals surface area contributed by atoms with E-state index in [0.29, 0.717) is 12.1 Å². The summed E-state index contributed by atoms with van der Waals surface area (Å²) in [5.41, 5.74) is 0.313. The van der Waals surface area contributed by atoms with Crippen LogP contribution in [0.3, 0.4) is 0 Å². The molecule has 1 aromatic rings. The van der Waals surface area contributed by atoms with Crippen LogP contribution in [0.25, 0.3) is 0 Å². The van der Waals surface area contributed by atoms with Crippen molar-refractivity contribution in [2.45, 2.75) is 56.4 Å². The number of hydrogen-bond donors (Lipinski definition) is 2. The fraction of sp³-hybridized carbons (Fsp3) is 0.588. The lowest BCUT2D eigenvalue weighted by molar-refractivity contribution is 0.0953. The predicted octanol–water partition coefficient (Wildman–Crippen LogP) is 2.45. The number of nitrogens with one attached hydrogen (secondary N) is 2. The van der Waals surface area contributed by atoms with Gasteiger partial charge in [0.15, 0.2) is 0 Å². The zero-order valence-electron chi connectivity index (χ0n) is 14.3. The summed E-state index contributed by atoms with van der Waals surface area (Å²) in [6, 6.07) is 4.43. The maximum absolute atomic E-state index is 12.7. The number of benzene rings is 1. The number of methoxy groups -OCH3 is 1. The van der Waals surface area contributed by atoms with E-state index in [-0.39, 0.29) is 22.6 Å². The van der Waals surface area contributed by atoms with Crippen LogP contribution in [0, 0.1) is 0 Å². The molecular formula is C17H26N2O4S. The van der Waals surface area contributed by atoms with Crippen molar-refractivity contribution in [1.82, 2.24) is 10.0 Å². The van der Waals surface area contributed by atoms with E-state index in [4.69, 9.17) is 4.74 Å². The third-order valence-corrected chi connectivity index (χ3v) is 5.72. The lowest BCUT2D eigenvalue weighted by Gasteiger charge is -2.23. The molecule has 1 aliphatic carbocycles. The zero-order valence-corrected chi connectivity index (χ0v) is 15.1. The van der Waals surface area contributed by atoms with Gasteiger partial charge in [0.25, 0.3) is 5.91 Å². The Bertz CT molecular complexity index is 667. The van der Waals surface area contributed by atoms with Gasteiger partial charge in [-0.05, 0) is 37.5 Å². The molecule has 1 saturated carbocycles. The molecule has 0 radical (unpaired) electrons. The van der Waals surface area contributed by atoms with Gasteiger partial charge in [-0.3, -0.25) is 4.79 Å². The highest BCUT2D eigenvalue weighted by Gasteiger charge is 2.25. The van der Waals surface area contributed by atoms with E-state index >= 15 is 0 Å². The number of carbonyl (C=O) groups excluding carboxylic acids is 1. The number of rotatable bonds is 7. The molecule has 0 spiro atoms. The van der Waals surface area contributed by atoms with Crippen LogP contribution in [0.4, 0.5) is 0 Å². The van der Waals surface area contributed by atoms with Gasteiger partial charge in [0, 0.05) is 18.2 Å². The van der Waals surface area contributed by atoms with E-state index in [0.717, 1.165) is 38.5 Å². The molecule has 0 aromatic heterocycles. The summed E-state index contributed by atoms with van der Waals surface area (Å²) in [6.45, 7) is 2.51. The summed E-state index contributed by atoms with van der Waals surface area (Å²) in [4.78, 5) is 12.1. The fourth-order valence-corrected chi connectivity index (χ4v) is 4.37. The molecule has 1 aromatic carbocycles. The van der Waals surface area contributed by atoms with Crippen molar-refractivity contribution in [2.75, 3.05) is 13.7 Å². The van der Waals surface area contributed by atoms with E-state index in [1.807, 2.05) is 6.92 Å². The number of amides is 1. The molecule has 0 heterocycles. The highest BCUT2D eigenvalue weighted by atomic mass is 32.2. The molecule has 0 saturated heterocycles. The summed E-state index contributed by atoms with van der Waals surface area (Å²) in [6.07, 6.45) is 5.72. The van der Waals surface area contributed by atoms with Crippen molar-refractivity contribution >= 4 is 15.9 Å². The first-order chi connectivity index (χ1) is 11.5. The third-order valence-electron chi connectivity index (χ3n) is 4.18. The third kappa shape index (κ3) is 4.70. The molecule has 0 atom stereocenters. The fourth-order valence-electron chi connectivity index (χ4n) is 2.87. The second-order valence-electron chi connectivity index (χ2n) is 6.08. The van der Waals surface area contributed by atoms with Gasteiger partial charge in [0.1, 0.15) is 10.6 Å². The number of sulfonamides is 1. The normalized spacial score (nSPS) is 15.9. The van der Waals surface area contributed by atoms with Gasteiger partial charge in [0.05, 0.1) is 7.11 Å². The van der Waals surface area contributed by atoms with Crippen LogP contribution in [0.15, 0.2) is 23.1 Å². The Hall–Kier alpha value is -1.60. The van der Waals surface area contributed by atoms with Gasteiger partial charge in [-0.15, -0.1) is 0 Å². The summed E-state index contributed by atoms with van der Waals surface area (Å²) in [7, 11) is -2.31. The molecule has 6 nitrogen and oxygen atoms in total. The van der Waals surface area contributed by atoms with E-state index < -0.39 is 10.0 Å². The molecule has 24 heavy (non-hydrogen) atoms. The van der Waals surface area contributed by atoms with Crippen molar-refractivity contribution in [3.05, 3.63) is 23.8 Å². The molecule has 0 bridgehead atoms. The van der Waals surface area contributed by atoms with Crippen molar-refractivity contribution in [3.8, 4) is 5.75 Å². The van der Waals surface area contributed by atoms with Crippen LogP contribution < -0.4 is 14.8 Å². The molecule has 0 unspecified atom stereocenters. The topological polar surface area (TPSA) is 84.5 Å². The Kier molecular flexibility index (Phi) is 6.62. The first kappa shape index (κ1) is 18.7. The first-order valence-corrected chi connectivity index (χ1v) is 9.95. The van der Waals surface area contributed by atoms with Crippen LogP contribution in [0.2, 0.25) is 0 Å². The lowest BCUT2D eigenvalue weighted by Crippen LogP contribution is -2.36. The molecule has 2 rings (SSSR count). The molecule has 0 aliphatic heterocycles. The van der Waals surface area contributed by atoms with Gasteiger partial charge in [-0.25, -0.2) is 13.1 Å². The Labute approximate surface area is 144 Å². The maximum atomic E-state index is 12.7. The van der Waals surface area contributed by atoms with Gasteiger partial charge in [-0.1, -0.05) is 26.2 Å². The second kappa shape index (κ2) is 8.48. The molecule has 134 valence electrons. The molecule has 1 amide bonds. The minimum absolute atomic E-state index is 0.0136. The van der Waals surface area contributed by atoms with Crippen molar-refractivity contribution < 1.29 is 17.9 Å². The van der Waals surface area contributed by atoms with Crippen LogP contribution in [-0.2, 0) is 10.0 Å². The maximum Gasteiger partial charge on any atom is 0.251 e. The number of ether oxygens (including phenoxy) is 1. The van der Waals surface area contributed by atoms with Crippen LogP contribution in [-0.4, -0.2) is 34.0 Å². The Morgan fingerprint density at radius 3 is 2.58 bits per heavy atom. The smallest absolute Gasteiger partial charge is 0.251 e. The number of carbonyl (C=O) groups is 1. The minimum atomic E-state index is -3.73. The SMILES string of the molecule is CCCNC(=O)c1ccc(OC)c(S(=O)(=O)NC2CCCCC2)c1. The summed E-state index contributed by atoms with van der Waals surface area (Å²) < 4.78 is 33.4. The average Bonchev–Trinajstić information content (AvgIpc) is 2.59. The molecular weight excluding hydrogens is 328 g/mol. The van der Waals surface area contributed by atoms with Gasteiger partial charge in [-0.2, -0.15) is 0 Å². The quantitative estimate of drug-likeness (QED) is 0.788. The summed E-state index contributed by atoms with van der Waals surface area (Å²) in [5, 5.41) is 2.75. The van der Waals surface area contributed by atoms with Gasteiger partial charge >= 0.3 is 0 Å². The van der Waals surface area contributed by atoms with Gasteiger partial charge < -0.3 is 10.1 Å². The Balaban J connectivity index is 2.26. The average molecular weight is 354 g/mol. The highest BCUT2D eigenvalue weighted by Crippen LogP contribution is 2.27. The highest BCUT2D eigenvalue weighted by molar-refractivity contribution is 7.89. The summed E-state index contributed by atoms with van der Waals surface area (Å²) >= 11 is 0. The molecule has 2 N–H and O–H groups in total. The van der Waals surface area contributed by atoms with Crippen LogP contribution in [0.1, 0.15) is 55.8 Å². The second-order valence-corrected chi connectivity index (χ2v) is 7.76. The van der Waals surface area contributed by atoms with Crippen molar-refractivity contribution in [3.63, 3.8) is 0 Å². The van der Waals surface area contributed by atoms with E-state index in [1.165, 1.54) is 19.2 Å². The number of hydrogen-bond acceptors (Lipinski definition) is 4. The summed E-state index contributed by atoms with van der Waals surface area (Å²) in [5.74, 6) is -0.0426. The minimum Gasteiger partial charge on any atom is -0.495 e. The Morgan fingerprint density at radius 2 is 1.96 bits per heavy atom. The Morgan fingerprint density at radius 1 is 1.25 bits per heavy atom. The predicted molar refractivity (Wildman–Crippen MR) is 92.8 cm³/mol. The van der Waals surface area contributed by atoms with Crippen LogP contribution >= 0.6 is 0 Å². The molecule has 7 heteroatoms. The van der Waals surface area contributed by atoms with Crippen molar-refractivity contribution in [1.29, 1.82) is 0 Å². The standard InChI is InChI=1S/C17H26N2O4S/c1-3-11-18-17(20)13-9-10-15(23-2)16(12-13)24(21,22)19-14-7-5-4-6-8-14/h9-10,12,14,19H,3-8,11H2,1-2H3,(H,18,20). The van der Waals surface area contributed by atoms with Gasteiger partial charge in [0.2, 0.25) is 10.0 Å². The van der Waals surface area contributed by atoms with E-state index in [9.17, 15) is 13.2 Å². The van der Waals surface area contributed by atoms with Crippen LogP contribution in [0.5, 0.6) is 5.75 Å². The van der Waals surface area contributed by atoms with Crippen molar-refractivity contribution in [2.24, 2.45) is 0 Å². The first-order valence-electron chi connectivity index (χ1n) is 8.46. The molecule has 1 fully saturated rings. The van der Waals surface area contributed by atoms with E-state index in [2.05, 4.69) is 10.0 Å². The monoisotopic (exact) mass is 354 g/mol. The molecule has 1 aliphatic rings. The lowest BCUT2D eigenvalue weighted by atomic mass is 9.96. The largest absolute Gasteiger partial charge is 0.495 e. The zero-order chi connectivity index (χ0) is 17.6.